The van der Waals surface area contributed by atoms with Gasteiger partial charge in [0.25, 0.3) is 5.56 Å². The van der Waals surface area contributed by atoms with Crippen LogP contribution in [-0.4, -0.2) is 17.0 Å². The number of nitrogen functional groups attached to an aromatic ring is 1. The largest absolute Gasteiger partial charge is 0.462 e. The number of nitrogens with zero attached hydrogens (tertiary/aromatic N) is 1. The number of halogens is 2. The molecule has 0 spiro atoms. The molecule has 2 N–H and O–H groups in total. The van der Waals surface area contributed by atoms with Gasteiger partial charge < -0.3 is 10.5 Å². The number of carbonyl (C=O) groups is 1. The lowest BCUT2D eigenvalue weighted by molar-refractivity contribution is 0.0524. The molecule has 29 heavy (non-hydrogen) atoms. The van der Waals surface area contributed by atoms with Crippen LogP contribution in [0.1, 0.15) is 47.2 Å². The van der Waals surface area contributed by atoms with Gasteiger partial charge in [0.2, 0.25) is 0 Å². The van der Waals surface area contributed by atoms with Crippen molar-refractivity contribution in [2.24, 2.45) is 0 Å². The fourth-order valence-corrected chi connectivity index (χ4v) is 3.75. The van der Waals surface area contributed by atoms with E-state index in [-0.39, 0.29) is 29.3 Å². The molecule has 0 radical (unpaired) electrons. The maximum absolute atomic E-state index is 15.1. The van der Waals surface area contributed by atoms with Crippen LogP contribution in [0.15, 0.2) is 35.3 Å². The van der Waals surface area contributed by atoms with Crippen molar-refractivity contribution >= 4 is 17.2 Å². The second-order valence-corrected chi connectivity index (χ2v) is 7.25. The van der Waals surface area contributed by atoms with Gasteiger partial charge in [-0.15, -0.1) is 0 Å². The van der Waals surface area contributed by atoms with Crippen LogP contribution in [0.25, 0.3) is 16.6 Å². The van der Waals surface area contributed by atoms with Crippen LogP contribution in [0.4, 0.5) is 14.5 Å². The van der Waals surface area contributed by atoms with Crippen LogP contribution < -0.4 is 11.3 Å². The van der Waals surface area contributed by atoms with Crippen molar-refractivity contribution in [3.8, 4) is 11.1 Å². The Morgan fingerprint density at radius 3 is 2.59 bits per heavy atom. The van der Waals surface area contributed by atoms with Crippen LogP contribution >= 0.6 is 0 Å². The Morgan fingerprint density at radius 2 is 1.97 bits per heavy atom. The normalized spacial score (nSPS) is 13.7. The topological polar surface area (TPSA) is 73.8 Å². The van der Waals surface area contributed by atoms with E-state index < -0.39 is 23.2 Å². The standard InChI is InChI=1S/C22H20F2N2O3/c1-3-29-22(28)15-9-14(12-4-5-12)20-11(2)19(17(24)10-26(20)21(15)27)13-6-7-18(25)16(23)8-13/h6-10,12H,3-5,25H2,1-2H3. The number of aryl methyl sites for hydroxylation is 1. The van der Waals surface area contributed by atoms with Crippen molar-refractivity contribution in [1.82, 2.24) is 4.40 Å². The smallest absolute Gasteiger partial charge is 0.343 e. The molecule has 0 bridgehead atoms. The summed E-state index contributed by atoms with van der Waals surface area (Å²) in [7, 11) is 0. The summed E-state index contributed by atoms with van der Waals surface area (Å²) >= 11 is 0. The monoisotopic (exact) mass is 398 g/mol. The Morgan fingerprint density at radius 1 is 1.24 bits per heavy atom. The number of carbonyl (C=O) groups excluding carboxylic acids is 1. The first-order valence-electron chi connectivity index (χ1n) is 9.44. The molecule has 1 aliphatic carbocycles. The van der Waals surface area contributed by atoms with Gasteiger partial charge in [0, 0.05) is 11.8 Å². The molecule has 5 nitrogen and oxygen atoms in total. The van der Waals surface area contributed by atoms with E-state index in [1.165, 1.54) is 16.5 Å². The summed E-state index contributed by atoms with van der Waals surface area (Å²) in [5, 5.41) is 0. The number of esters is 1. The predicted molar refractivity (Wildman–Crippen MR) is 106 cm³/mol. The van der Waals surface area contributed by atoms with Crippen LogP contribution in [0.5, 0.6) is 0 Å². The molecule has 0 atom stereocenters. The van der Waals surface area contributed by atoms with Crippen LogP contribution in [0.2, 0.25) is 0 Å². The lowest BCUT2D eigenvalue weighted by Crippen LogP contribution is -2.25. The van der Waals surface area contributed by atoms with Gasteiger partial charge in [-0.05, 0) is 67.5 Å². The number of pyridine rings is 2. The number of anilines is 1. The van der Waals surface area contributed by atoms with E-state index in [4.69, 9.17) is 10.5 Å². The molecule has 7 heteroatoms. The second kappa shape index (κ2) is 6.99. The molecule has 1 fully saturated rings. The van der Waals surface area contributed by atoms with E-state index in [1.54, 1.807) is 26.0 Å². The summed E-state index contributed by atoms with van der Waals surface area (Å²) in [5.41, 5.74) is 7.13. The number of fused-ring (bicyclic) bond motifs is 1. The molecule has 1 saturated carbocycles. The number of ether oxygens (including phenoxy) is 1. The molecule has 150 valence electrons. The maximum Gasteiger partial charge on any atom is 0.343 e. The van der Waals surface area contributed by atoms with E-state index in [2.05, 4.69) is 0 Å². The first kappa shape index (κ1) is 19.1. The van der Waals surface area contributed by atoms with E-state index in [1.807, 2.05) is 0 Å². The minimum absolute atomic E-state index is 0.0263. The van der Waals surface area contributed by atoms with E-state index in [0.717, 1.165) is 24.6 Å². The Balaban J connectivity index is 2.04. The van der Waals surface area contributed by atoms with Crippen molar-refractivity contribution < 1.29 is 18.3 Å². The minimum Gasteiger partial charge on any atom is -0.462 e. The second-order valence-electron chi connectivity index (χ2n) is 7.25. The molecule has 2 heterocycles. The highest BCUT2D eigenvalue weighted by molar-refractivity contribution is 5.91. The number of hydrogen-bond donors (Lipinski definition) is 1. The highest BCUT2D eigenvalue weighted by Crippen LogP contribution is 2.44. The van der Waals surface area contributed by atoms with Gasteiger partial charge in [-0.2, -0.15) is 0 Å². The zero-order valence-corrected chi connectivity index (χ0v) is 16.1. The van der Waals surface area contributed by atoms with Gasteiger partial charge in [-0.1, -0.05) is 6.07 Å². The lowest BCUT2D eigenvalue weighted by Gasteiger charge is -2.17. The van der Waals surface area contributed by atoms with E-state index in [0.29, 0.717) is 16.6 Å². The van der Waals surface area contributed by atoms with Gasteiger partial charge in [0.05, 0.1) is 17.8 Å². The Bertz CT molecular complexity index is 1210. The molecule has 1 aliphatic rings. The Hall–Kier alpha value is -3.22. The maximum atomic E-state index is 15.1. The van der Waals surface area contributed by atoms with Crippen molar-refractivity contribution in [3.63, 3.8) is 0 Å². The van der Waals surface area contributed by atoms with Gasteiger partial charge in [-0.3, -0.25) is 9.20 Å². The summed E-state index contributed by atoms with van der Waals surface area (Å²) in [6, 6.07) is 5.67. The van der Waals surface area contributed by atoms with Crippen molar-refractivity contribution in [1.29, 1.82) is 0 Å². The molecule has 0 saturated heterocycles. The van der Waals surface area contributed by atoms with Crippen molar-refractivity contribution in [2.75, 3.05) is 12.3 Å². The minimum atomic E-state index is -0.725. The summed E-state index contributed by atoms with van der Waals surface area (Å²) in [6.07, 6.45) is 2.89. The van der Waals surface area contributed by atoms with Crippen molar-refractivity contribution in [2.45, 2.75) is 32.6 Å². The molecule has 3 aromatic rings. The first-order chi connectivity index (χ1) is 13.8. The van der Waals surface area contributed by atoms with Gasteiger partial charge in [-0.25, -0.2) is 13.6 Å². The van der Waals surface area contributed by atoms with Crippen LogP contribution in [-0.2, 0) is 4.74 Å². The average Bonchev–Trinajstić information content (AvgIpc) is 3.50. The third-order valence-corrected chi connectivity index (χ3v) is 5.28. The number of rotatable bonds is 4. The molecular formula is C22H20F2N2O3. The molecule has 2 aromatic heterocycles. The molecule has 1 aromatic carbocycles. The summed E-state index contributed by atoms with van der Waals surface area (Å²) < 4.78 is 35.2. The zero-order chi connectivity index (χ0) is 20.9. The number of hydrogen-bond acceptors (Lipinski definition) is 4. The fraction of sp³-hybridized carbons (Fsp3) is 0.273. The number of benzene rings is 1. The SMILES string of the molecule is CCOC(=O)c1cc(C2CC2)c2c(C)c(-c3ccc(N)c(F)c3)c(F)cn2c1=O. The van der Waals surface area contributed by atoms with E-state index >= 15 is 4.39 Å². The summed E-state index contributed by atoms with van der Waals surface area (Å²) in [6.45, 7) is 3.48. The summed E-state index contributed by atoms with van der Waals surface area (Å²) in [4.78, 5) is 25.2. The summed E-state index contributed by atoms with van der Waals surface area (Å²) in [5.74, 6) is -1.88. The van der Waals surface area contributed by atoms with Crippen LogP contribution in [0.3, 0.4) is 0 Å². The number of nitrogens with two attached hydrogens (primary N) is 1. The lowest BCUT2D eigenvalue weighted by atomic mass is 9.96. The zero-order valence-electron chi connectivity index (χ0n) is 16.1. The molecule has 4 rings (SSSR count). The molecule has 0 unspecified atom stereocenters. The highest BCUT2D eigenvalue weighted by atomic mass is 19.1. The Kier molecular flexibility index (Phi) is 4.61. The predicted octanol–water partition coefficient (Wildman–Crippen LogP) is 4.19. The Labute approximate surface area is 165 Å². The van der Waals surface area contributed by atoms with Crippen molar-refractivity contribution in [3.05, 3.63) is 69.1 Å². The third-order valence-electron chi connectivity index (χ3n) is 5.28. The van der Waals surface area contributed by atoms with Gasteiger partial charge in [0.1, 0.15) is 17.2 Å². The molecule has 0 aliphatic heterocycles. The van der Waals surface area contributed by atoms with Crippen LogP contribution in [0, 0.1) is 18.6 Å². The third kappa shape index (κ3) is 3.16. The average molecular weight is 398 g/mol. The molecule has 0 amide bonds. The number of aromatic nitrogens is 1. The fourth-order valence-electron chi connectivity index (χ4n) is 3.75. The molecular weight excluding hydrogens is 378 g/mol. The first-order valence-corrected chi connectivity index (χ1v) is 9.44. The van der Waals surface area contributed by atoms with E-state index in [9.17, 15) is 14.0 Å². The quantitative estimate of drug-likeness (QED) is 0.528. The van der Waals surface area contributed by atoms with Gasteiger partial charge >= 0.3 is 5.97 Å². The highest BCUT2D eigenvalue weighted by Gasteiger charge is 2.30. The van der Waals surface area contributed by atoms with Gasteiger partial charge in [0.15, 0.2) is 0 Å².